The van der Waals surface area contributed by atoms with Crippen LogP contribution in [0.5, 0.6) is 0 Å². The Morgan fingerprint density at radius 2 is 2.19 bits per heavy atom. The molecule has 132 valence electrons. The van der Waals surface area contributed by atoms with Crippen molar-refractivity contribution in [3.8, 4) is 11.6 Å². The van der Waals surface area contributed by atoms with Gasteiger partial charge in [0.05, 0.1) is 23.6 Å². The molecule has 3 N–H and O–H groups in total. The predicted molar refractivity (Wildman–Crippen MR) is 94.1 cm³/mol. The average Bonchev–Trinajstić information content (AvgIpc) is 3.18. The summed E-state index contributed by atoms with van der Waals surface area (Å²) in [6.07, 6.45) is 7.50. The number of nitrogens with two attached hydrogens (primary N) is 1. The van der Waals surface area contributed by atoms with Crippen LogP contribution in [0.1, 0.15) is 46.3 Å². The number of pyridine rings is 1. The third-order valence-electron chi connectivity index (χ3n) is 4.45. The summed E-state index contributed by atoms with van der Waals surface area (Å²) in [4.78, 5) is 29.8. The lowest BCUT2D eigenvalue weighted by atomic mass is 9.92. The maximum Gasteiger partial charge on any atom is 0.274 e. The van der Waals surface area contributed by atoms with E-state index in [2.05, 4.69) is 25.3 Å². The molecular weight excluding hydrogens is 332 g/mol. The molecule has 0 fully saturated rings. The van der Waals surface area contributed by atoms with Gasteiger partial charge in [-0.2, -0.15) is 0 Å². The summed E-state index contributed by atoms with van der Waals surface area (Å²) in [5.41, 5.74) is 9.10. The van der Waals surface area contributed by atoms with Crippen LogP contribution in [0.2, 0.25) is 0 Å². The number of fused-ring (bicyclic) bond motifs is 1. The van der Waals surface area contributed by atoms with Gasteiger partial charge in [0.15, 0.2) is 11.5 Å². The molecule has 0 saturated carbocycles. The van der Waals surface area contributed by atoms with E-state index in [1.807, 2.05) is 12.1 Å². The molecular formula is C18H18N6O2. The van der Waals surface area contributed by atoms with Crippen LogP contribution in [-0.4, -0.2) is 25.8 Å². The van der Waals surface area contributed by atoms with Gasteiger partial charge in [-0.1, -0.05) is 6.07 Å². The quantitative estimate of drug-likeness (QED) is 0.743. The highest BCUT2D eigenvalue weighted by Crippen LogP contribution is 2.28. The third kappa shape index (κ3) is 2.90. The van der Waals surface area contributed by atoms with Crippen LogP contribution >= 0.6 is 0 Å². The minimum Gasteiger partial charge on any atom is -0.443 e. The molecule has 1 aliphatic carbocycles. The SMILES string of the molecule is Cc1nc(C(=O)NC2CCCc3cccnc32)c(N)nc1-c1ncco1. The van der Waals surface area contributed by atoms with Crippen LogP contribution in [0.4, 0.5) is 5.82 Å². The summed E-state index contributed by atoms with van der Waals surface area (Å²) >= 11 is 0. The number of carbonyl (C=O) groups is 1. The molecule has 0 radical (unpaired) electrons. The lowest BCUT2D eigenvalue weighted by Gasteiger charge is -2.25. The van der Waals surface area contributed by atoms with E-state index < -0.39 is 0 Å². The first-order chi connectivity index (χ1) is 12.6. The minimum atomic E-state index is -0.361. The topological polar surface area (TPSA) is 120 Å². The normalized spacial score (nSPS) is 16.1. The van der Waals surface area contributed by atoms with Crippen molar-refractivity contribution < 1.29 is 9.21 Å². The Morgan fingerprint density at radius 3 is 3.00 bits per heavy atom. The number of rotatable bonds is 3. The molecule has 0 bridgehead atoms. The lowest BCUT2D eigenvalue weighted by Crippen LogP contribution is -2.33. The number of aryl methyl sites for hydroxylation is 2. The van der Waals surface area contributed by atoms with Gasteiger partial charge < -0.3 is 15.5 Å². The van der Waals surface area contributed by atoms with Gasteiger partial charge in [0, 0.05) is 6.20 Å². The Morgan fingerprint density at radius 1 is 1.31 bits per heavy atom. The lowest BCUT2D eigenvalue weighted by molar-refractivity contribution is 0.0927. The molecule has 4 rings (SSSR count). The fourth-order valence-corrected chi connectivity index (χ4v) is 3.22. The second-order valence-corrected chi connectivity index (χ2v) is 6.19. The Hall–Kier alpha value is -3.29. The number of hydrogen-bond acceptors (Lipinski definition) is 7. The summed E-state index contributed by atoms with van der Waals surface area (Å²) in [7, 11) is 0. The first-order valence-electron chi connectivity index (χ1n) is 8.42. The van der Waals surface area contributed by atoms with Gasteiger partial charge >= 0.3 is 0 Å². The zero-order chi connectivity index (χ0) is 18.1. The molecule has 1 aliphatic rings. The third-order valence-corrected chi connectivity index (χ3v) is 4.45. The van der Waals surface area contributed by atoms with Gasteiger partial charge in [-0.05, 0) is 37.8 Å². The summed E-state index contributed by atoms with van der Waals surface area (Å²) < 4.78 is 5.24. The monoisotopic (exact) mass is 350 g/mol. The van der Waals surface area contributed by atoms with Crippen molar-refractivity contribution in [2.75, 3.05) is 5.73 Å². The van der Waals surface area contributed by atoms with Crippen molar-refractivity contribution >= 4 is 11.7 Å². The number of nitrogen functional groups attached to an aromatic ring is 1. The van der Waals surface area contributed by atoms with Gasteiger partial charge in [-0.3, -0.25) is 9.78 Å². The molecule has 3 aromatic heterocycles. The fraction of sp³-hybridized carbons (Fsp3) is 0.278. The Labute approximate surface area is 149 Å². The summed E-state index contributed by atoms with van der Waals surface area (Å²) in [5, 5.41) is 2.99. The summed E-state index contributed by atoms with van der Waals surface area (Å²) in [5.74, 6) is -0.00187. The number of carbonyl (C=O) groups excluding carboxylic acids is 1. The molecule has 3 heterocycles. The first-order valence-corrected chi connectivity index (χ1v) is 8.42. The zero-order valence-electron chi connectivity index (χ0n) is 14.3. The van der Waals surface area contributed by atoms with Crippen LogP contribution in [0.25, 0.3) is 11.6 Å². The van der Waals surface area contributed by atoms with Crippen molar-refractivity contribution in [3.63, 3.8) is 0 Å². The number of nitrogens with one attached hydrogen (secondary N) is 1. The van der Waals surface area contributed by atoms with Crippen molar-refractivity contribution in [1.29, 1.82) is 0 Å². The first kappa shape index (κ1) is 16.2. The molecule has 26 heavy (non-hydrogen) atoms. The maximum absolute atomic E-state index is 12.7. The number of aromatic nitrogens is 4. The molecule has 3 aromatic rings. The molecule has 8 heteroatoms. The van der Waals surface area contributed by atoms with Crippen LogP contribution in [0.15, 0.2) is 35.2 Å². The Balaban J connectivity index is 1.61. The molecule has 0 saturated heterocycles. The number of oxazole rings is 1. The van der Waals surface area contributed by atoms with E-state index in [-0.39, 0.29) is 23.5 Å². The Kier molecular flexibility index (Phi) is 4.08. The standard InChI is InChI=1S/C18H18N6O2/c1-10-13(18-21-8-9-26-18)24-16(19)15(22-10)17(25)23-12-6-2-4-11-5-3-7-20-14(11)12/h3,5,7-9,12H,2,4,6H2,1H3,(H2,19,24)(H,23,25). The van der Waals surface area contributed by atoms with E-state index in [0.29, 0.717) is 17.3 Å². The molecule has 1 amide bonds. The van der Waals surface area contributed by atoms with Crippen molar-refractivity contribution in [2.45, 2.75) is 32.2 Å². The molecule has 0 aliphatic heterocycles. The highest BCUT2D eigenvalue weighted by molar-refractivity contribution is 5.97. The van der Waals surface area contributed by atoms with Gasteiger partial charge in [0.25, 0.3) is 5.91 Å². The molecule has 0 spiro atoms. The maximum atomic E-state index is 12.7. The summed E-state index contributed by atoms with van der Waals surface area (Å²) in [6, 6.07) is 3.81. The molecule has 0 aromatic carbocycles. The van der Waals surface area contributed by atoms with E-state index in [1.54, 1.807) is 13.1 Å². The van der Waals surface area contributed by atoms with Crippen LogP contribution < -0.4 is 11.1 Å². The van der Waals surface area contributed by atoms with Crippen molar-refractivity contribution in [3.05, 3.63) is 53.4 Å². The number of anilines is 1. The fourth-order valence-electron chi connectivity index (χ4n) is 3.22. The van der Waals surface area contributed by atoms with Crippen LogP contribution in [-0.2, 0) is 6.42 Å². The smallest absolute Gasteiger partial charge is 0.274 e. The second kappa shape index (κ2) is 6.55. The molecule has 1 unspecified atom stereocenters. The minimum absolute atomic E-state index is 0.0401. The molecule has 1 atom stereocenters. The number of hydrogen-bond donors (Lipinski definition) is 2. The highest BCUT2D eigenvalue weighted by Gasteiger charge is 2.26. The molecule has 8 nitrogen and oxygen atoms in total. The van der Waals surface area contributed by atoms with Gasteiger partial charge in [0.2, 0.25) is 5.89 Å². The van der Waals surface area contributed by atoms with E-state index in [0.717, 1.165) is 25.0 Å². The van der Waals surface area contributed by atoms with Gasteiger partial charge in [-0.25, -0.2) is 15.0 Å². The van der Waals surface area contributed by atoms with Crippen molar-refractivity contribution in [2.24, 2.45) is 0 Å². The van der Waals surface area contributed by atoms with E-state index in [1.165, 1.54) is 18.0 Å². The van der Waals surface area contributed by atoms with Crippen LogP contribution in [0, 0.1) is 6.92 Å². The summed E-state index contributed by atoms with van der Waals surface area (Å²) in [6.45, 7) is 1.74. The highest BCUT2D eigenvalue weighted by atomic mass is 16.3. The Bertz CT molecular complexity index is 954. The van der Waals surface area contributed by atoms with Crippen LogP contribution in [0.3, 0.4) is 0 Å². The zero-order valence-corrected chi connectivity index (χ0v) is 14.3. The average molecular weight is 350 g/mol. The number of amides is 1. The second-order valence-electron chi connectivity index (χ2n) is 6.19. The van der Waals surface area contributed by atoms with E-state index in [9.17, 15) is 4.79 Å². The van der Waals surface area contributed by atoms with Crippen molar-refractivity contribution in [1.82, 2.24) is 25.3 Å². The van der Waals surface area contributed by atoms with E-state index >= 15 is 0 Å². The van der Waals surface area contributed by atoms with Gasteiger partial charge in [0.1, 0.15) is 12.0 Å². The van der Waals surface area contributed by atoms with Gasteiger partial charge in [-0.15, -0.1) is 0 Å². The predicted octanol–water partition coefficient (Wildman–Crippen LogP) is 2.22. The largest absolute Gasteiger partial charge is 0.443 e. The van der Waals surface area contributed by atoms with E-state index in [4.69, 9.17) is 10.2 Å². The number of nitrogens with zero attached hydrogens (tertiary/aromatic N) is 4.